The molecule has 7 nitrogen and oxygen atoms in total. The number of carbonyl (C=O) groups is 3. The Labute approximate surface area is 140 Å². The SMILES string of the molecule is CCOC(=O)c1[nH]cc2c1CC(C(=O)OCC)C(C(=O)OCC)C2. The second-order valence-electron chi connectivity index (χ2n) is 5.51. The molecule has 2 unspecified atom stereocenters. The molecule has 0 spiro atoms. The standard InChI is InChI=1S/C17H23NO6/c1-4-22-15(19)12-7-10-9-18-14(17(21)24-6-3)11(10)8-13(12)16(20)23-5-2/h9,12-13,18H,4-8H2,1-3H3. The molecule has 0 bridgehead atoms. The number of hydrogen-bond donors (Lipinski definition) is 1. The minimum absolute atomic E-state index is 0.232. The number of carbonyl (C=O) groups excluding carboxylic acids is 3. The third-order valence-electron chi connectivity index (χ3n) is 4.09. The molecule has 0 saturated heterocycles. The van der Waals surface area contributed by atoms with Crippen LogP contribution in [-0.2, 0) is 36.6 Å². The van der Waals surface area contributed by atoms with E-state index in [4.69, 9.17) is 14.2 Å². The monoisotopic (exact) mass is 337 g/mol. The molecule has 2 atom stereocenters. The Bertz CT molecular complexity index is 621. The molecule has 1 N–H and O–H groups in total. The van der Waals surface area contributed by atoms with Crippen molar-refractivity contribution in [2.45, 2.75) is 33.6 Å². The topological polar surface area (TPSA) is 94.7 Å². The van der Waals surface area contributed by atoms with Crippen LogP contribution in [0.5, 0.6) is 0 Å². The van der Waals surface area contributed by atoms with E-state index in [0.717, 1.165) is 5.56 Å². The summed E-state index contributed by atoms with van der Waals surface area (Å²) >= 11 is 0. The van der Waals surface area contributed by atoms with E-state index < -0.39 is 29.7 Å². The average molecular weight is 337 g/mol. The molecule has 0 aliphatic heterocycles. The molecule has 0 fully saturated rings. The Morgan fingerprint density at radius 3 is 2.04 bits per heavy atom. The van der Waals surface area contributed by atoms with Crippen molar-refractivity contribution in [1.29, 1.82) is 0 Å². The second-order valence-corrected chi connectivity index (χ2v) is 5.51. The summed E-state index contributed by atoms with van der Waals surface area (Å²) in [6, 6.07) is 0. The van der Waals surface area contributed by atoms with Gasteiger partial charge in [-0.05, 0) is 44.7 Å². The van der Waals surface area contributed by atoms with Gasteiger partial charge in [-0.25, -0.2) is 4.79 Å². The number of esters is 3. The Hall–Kier alpha value is -2.31. The van der Waals surface area contributed by atoms with Crippen molar-refractivity contribution in [2.24, 2.45) is 11.8 Å². The van der Waals surface area contributed by atoms with Crippen LogP contribution >= 0.6 is 0 Å². The van der Waals surface area contributed by atoms with Crippen LogP contribution < -0.4 is 0 Å². The zero-order valence-electron chi connectivity index (χ0n) is 14.2. The van der Waals surface area contributed by atoms with Gasteiger partial charge in [0.15, 0.2) is 0 Å². The molecule has 0 radical (unpaired) electrons. The lowest BCUT2D eigenvalue weighted by atomic mass is 9.76. The van der Waals surface area contributed by atoms with Crippen molar-refractivity contribution in [2.75, 3.05) is 19.8 Å². The van der Waals surface area contributed by atoms with E-state index in [9.17, 15) is 14.4 Å². The van der Waals surface area contributed by atoms with E-state index in [1.54, 1.807) is 27.0 Å². The van der Waals surface area contributed by atoms with Gasteiger partial charge in [0.25, 0.3) is 0 Å². The highest BCUT2D eigenvalue weighted by Gasteiger charge is 2.41. The maximum Gasteiger partial charge on any atom is 0.355 e. The number of ether oxygens (including phenoxy) is 3. The average Bonchev–Trinajstić information content (AvgIpc) is 2.97. The Morgan fingerprint density at radius 2 is 1.50 bits per heavy atom. The van der Waals surface area contributed by atoms with Crippen molar-refractivity contribution >= 4 is 17.9 Å². The van der Waals surface area contributed by atoms with Gasteiger partial charge in [-0.15, -0.1) is 0 Å². The Kier molecular flexibility index (Phi) is 6.00. The molecule has 24 heavy (non-hydrogen) atoms. The van der Waals surface area contributed by atoms with Crippen LogP contribution in [0, 0.1) is 11.8 Å². The number of fused-ring (bicyclic) bond motifs is 1. The molecule has 0 saturated carbocycles. The van der Waals surface area contributed by atoms with E-state index in [1.165, 1.54) is 0 Å². The van der Waals surface area contributed by atoms with E-state index in [2.05, 4.69) is 4.98 Å². The van der Waals surface area contributed by atoms with Gasteiger partial charge >= 0.3 is 17.9 Å². The van der Waals surface area contributed by atoms with Gasteiger partial charge in [-0.2, -0.15) is 0 Å². The number of aromatic amines is 1. The highest BCUT2D eigenvalue weighted by molar-refractivity contribution is 5.91. The molecule has 2 rings (SSSR count). The summed E-state index contributed by atoms with van der Waals surface area (Å²) in [6.07, 6.45) is 2.26. The zero-order chi connectivity index (χ0) is 17.7. The van der Waals surface area contributed by atoms with Gasteiger partial charge < -0.3 is 19.2 Å². The van der Waals surface area contributed by atoms with Crippen molar-refractivity contribution in [3.63, 3.8) is 0 Å². The maximum atomic E-state index is 12.3. The summed E-state index contributed by atoms with van der Waals surface area (Å²) in [5.74, 6) is -2.60. The van der Waals surface area contributed by atoms with Crippen molar-refractivity contribution < 1.29 is 28.6 Å². The van der Waals surface area contributed by atoms with Crippen LogP contribution in [0.3, 0.4) is 0 Å². The van der Waals surface area contributed by atoms with Gasteiger partial charge in [-0.3, -0.25) is 9.59 Å². The third kappa shape index (κ3) is 3.60. The van der Waals surface area contributed by atoms with Crippen molar-refractivity contribution in [1.82, 2.24) is 4.98 Å². The van der Waals surface area contributed by atoms with Crippen molar-refractivity contribution in [3.05, 3.63) is 23.0 Å². The molecule has 0 aromatic carbocycles. The predicted molar refractivity (Wildman–Crippen MR) is 84.4 cm³/mol. The van der Waals surface area contributed by atoms with E-state index in [-0.39, 0.29) is 26.2 Å². The number of rotatable bonds is 6. The van der Waals surface area contributed by atoms with E-state index >= 15 is 0 Å². The summed E-state index contributed by atoms with van der Waals surface area (Å²) in [5.41, 5.74) is 1.88. The van der Waals surface area contributed by atoms with Crippen LogP contribution in [-0.4, -0.2) is 42.7 Å². The molecule has 1 aromatic heterocycles. The smallest absolute Gasteiger partial charge is 0.355 e. The van der Waals surface area contributed by atoms with Crippen molar-refractivity contribution in [3.8, 4) is 0 Å². The van der Waals surface area contributed by atoms with Crippen LogP contribution in [0.15, 0.2) is 6.20 Å². The normalized spacial score (nSPS) is 19.3. The lowest BCUT2D eigenvalue weighted by molar-refractivity contribution is -0.160. The van der Waals surface area contributed by atoms with Gasteiger partial charge in [0, 0.05) is 6.20 Å². The molecule has 1 aliphatic carbocycles. The van der Waals surface area contributed by atoms with Gasteiger partial charge in [-0.1, -0.05) is 0 Å². The summed E-state index contributed by atoms with van der Waals surface area (Å²) in [5, 5.41) is 0. The Balaban J connectivity index is 2.32. The second kappa shape index (κ2) is 7.99. The number of hydrogen-bond acceptors (Lipinski definition) is 6. The van der Waals surface area contributed by atoms with E-state index in [1.807, 2.05) is 0 Å². The predicted octanol–water partition coefficient (Wildman–Crippen LogP) is 1.65. The molecule has 132 valence electrons. The highest BCUT2D eigenvalue weighted by atomic mass is 16.5. The third-order valence-corrected chi connectivity index (χ3v) is 4.09. The number of H-pyrrole nitrogens is 1. The van der Waals surface area contributed by atoms with Crippen LogP contribution in [0.2, 0.25) is 0 Å². The minimum Gasteiger partial charge on any atom is -0.466 e. The largest absolute Gasteiger partial charge is 0.466 e. The number of nitrogens with one attached hydrogen (secondary N) is 1. The van der Waals surface area contributed by atoms with Crippen LogP contribution in [0.4, 0.5) is 0 Å². The summed E-state index contributed by atoms with van der Waals surface area (Å²) < 4.78 is 15.2. The van der Waals surface area contributed by atoms with E-state index in [0.29, 0.717) is 17.7 Å². The van der Waals surface area contributed by atoms with Gasteiger partial charge in [0.05, 0.1) is 31.7 Å². The first-order valence-electron chi connectivity index (χ1n) is 8.22. The Morgan fingerprint density at radius 1 is 0.958 bits per heavy atom. The lowest BCUT2D eigenvalue weighted by Crippen LogP contribution is -2.38. The fourth-order valence-electron chi connectivity index (χ4n) is 3.03. The first-order chi connectivity index (χ1) is 11.5. The fourth-order valence-corrected chi connectivity index (χ4v) is 3.03. The summed E-state index contributed by atoms with van der Waals surface area (Å²) in [7, 11) is 0. The minimum atomic E-state index is -0.666. The molecular weight excluding hydrogens is 314 g/mol. The highest BCUT2D eigenvalue weighted by Crippen LogP contribution is 2.34. The molecule has 1 heterocycles. The van der Waals surface area contributed by atoms with Gasteiger partial charge in [0.1, 0.15) is 5.69 Å². The molecule has 7 heteroatoms. The molecular formula is C17H23NO6. The first kappa shape index (κ1) is 18.0. The van der Waals surface area contributed by atoms with Crippen LogP contribution in [0.1, 0.15) is 42.4 Å². The molecule has 0 amide bonds. The quantitative estimate of drug-likeness (QED) is 0.626. The summed E-state index contributed by atoms with van der Waals surface area (Å²) in [6.45, 7) is 5.91. The summed E-state index contributed by atoms with van der Waals surface area (Å²) in [4.78, 5) is 39.5. The fraction of sp³-hybridized carbons (Fsp3) is 0.588. The maximum absolute atomic E-state index is 12.3. The first-order valence-corrected chi connectivity index (χ1v) is 8.22. The van der Waals surface area contributed by atoms with Gasteiger partial charge in [0.2, 0.25) is 0 Å². The number of aromatic nitrogens is 1. The molecule has 1 aliphatic rings. The van der Waals surface area contributed by atoms with Crippen LogP contribution in [0.25, 0.3) is 0 Å². The zero-order valence-corrected chi connectivity index (χ0v) is 14.2. The lowest BCUT2D eigenvalue weighted by Gasteiger charge is -2.28. The molecule has 1 aromatic rings.